The van der Waals surface area contributed by atoms with Crippen molar-refractivity contribution in [2.75, 3.05) is 24.7 Å². The Labute approximate surface area is 251 Å². The van der Waals surface area contributed by atoms with E-state index in [1.165, 1.54) is 34.4 Å². The van der Waals surface area contributed by atoms with E-state index in [0.29, 0.717) is 0 Å². The van der Waals surface area contributed by atoms with Crippen LogP contribution >= 0.6 is 26.5 Å². The van der Waals surface area contributed by atoms with Gasteiger partial charge in [-0.3, -0.25) is 22.7 Å². The molecule has 0 radical (unpaired) electrons. The average molecular weight is 674 g/mol. The van der Waals surface area contributed by atoms with Crippen LogP contribution in [0.4, 0.5) is 20.4 Å². The lowest BCUT2D eigenvalue weighted by Crippen LogP contribution is -2.37. The molecule has 18 nitrogen and oxygen atoms in total. The summed E-state index contributed by atoms with van der Waals surface area (Å²) in [4.78, 5) is 24.1. The van der Waals surface area contributed by atoms with Crippen molar-refractivity contribution in [2.24, 2.45) is 0 Å². The maximum absolute atomic E-state index is 16.0. The highest BCUT2D eigenvalue weighted by Crippen LogP contribution is 2.58. The molecule has 234 valence electrons. The summed E-state index contributed by atoms with van der Waals surface area (Å²) in [6.45, 7) is -5.56. The zero-order chi connectivity index (χ0) is 31.0. The Balaban J connectivity index is 1.17. The number of nitrogens with two attached hydrogens (primary N) is 2. The number of halogens is 2. The minimum Gasteiger partial charge on any atom is -0.382 e. The number of fused-ring (bicyclic) bond motifs is 4. The van der Waals surface area contributed by atoms with Crippen LogP contribution in [0.5, 0.6) is 0 Å². The Morgan fingerprint density at radius 3 is 1.80 bits per heavy atom. The van der Waals surface area contributed by atoms with Crippen molar-refractivity contribution in [3.8, 4) is 0 Å². The Bertz CT molecular complexity index is 1710. The fourth-order valence-corrected chi connectivity index (χ4v) is 7.94. The van der Waals surface area contributed by atoms with Crippen molar-refractivity contribution in [1.82, 2.24) is 39.0 Å². The second-order valence-electron chi connectivity index (χ2n) is 10.2. The summed E-state index contributed by atoms with van der Waals surface area (Å²) in [5.74, 6) is 0.123. The molecular weight excluding hydrogens is 651 g/mol. The van der Waals surface area contributed by atoms with Gasteiger partial charge in [-0.1, -0.05) is 12.2 Å². The third-order valence-corrected chi connectivity index (χ3v) is 10.2. The van der Waals surface area contributed by atoms with Crippen molar-refractivity contribution in [1.29, 1.82) is 0 Å². The molecule has 4 N–H and O–H groups in total. The van der Waals surface area contributed by atoms with Crippen molar-refractivity contribution in [2.45, 2.75) is 49.2 Å². The van der Waals surface area contributed by atoms with Crippen molar-refractivity contribution >= 4 is 68.0 Å². The Morgan fingerprint density at radius 1 is 0.795 bits per heavy atom. The van der Waals surface area contributed by atoms with E-state index in [1.54, 1.807) is 0 Å². The fraction of sp³-hybridized carbons (Fsp3) is 0.500. The van der Waals surface area contributed by atoms with Crippen LogP contribution in [-0.4, -0.2) is 96.6 Å². The molecular formula is C20H23BF2N10O8P2S. The predicted molar refractivity (Wildman–Crippen MR) is 151 cm³/mol. The minimum atomic E-state index is -4.37. The van der Waals surface area contributed by atoms with Gasteiger partial charge in [-0.25, -0.2) is 43.2 Å². The van der Waals surface area contributed by atoms with Crippen molar-refractivity contribution in [3.63, 3.8) is 0 Å². The van der Waals surface area contributed by atoms with Crippen LogP contribution in [0.3, 0.4) is 0 Å². The van der Waals surface area contributed by atoms with Crippen molar-refractivity contribution < 1.29 is 45.5 Å². The number of alkyl halides is 2. The number of aromatic nitrogens is 8. The molecule has 7 rings (SSSR count). The summed E-state index contributed by atoms with van der Waals surface area (Å²) < 4.78 is 95.1. The molecule has 10 atom stereocenters. The molecule has 3 aliphatic heterocycles. The van der Waals surface area contributed by atoms with E-state index >= 15 is 8.78 Å². The number of nitrogen functional groups attached to an aromatic ring is 2. The number of imidazole rings is 2. The molecule has 0 saturated carbocycles. The van der Waals surface area contributed by atoms with Crippen LogP contribution in [0.25, 0.3) is 22.3 Å². The van der Waals surface area contributed by atoms with Gasteiger partial charge in [-0.15, -0.1) is 0 Å². The van der Waals surface area contributed by atoms with Crippen LogP contribution in [0.15, 0.2) is 25.3 Å². The van der Waals surface area contributed by atoms with Gasteiger partial charge in [0.25, 0.3) is 15.0 Å². The van der Waals surface area contributed by atoms with E-state index in [2.05, 4.69) is 42.2 Å². The summed E-state index contributed by atoms with van der Waals surface area (Å²) in [7, 11) is -2.97. The monoisotopic (exact) mass is 674 g/mol. The minimum absolute atomic E-state index is 0.0605. The Morgan fingerprint density at radius 2 is 1.27 bits per heavy atom. The number of anilines is 2. The number of nitrogens with zero attached hydrogens (tertiary/aromatic N) is 8. The maximum atomic E-state index is 16.0. The number of hydrogen-bond donors (Lipinski definition) is 3. The molecule has 3 saturated heterocycles. The molecule has 0 aromatic carbocycles. The lowest BCUT2D eigenvalue weighted by Gasteiger charge is -2.29. The molecule has 44 heavy (non-hydrogen) atoms. The molecule has 0 amide bonds. The molecule has 4 aromatic heterocycles. The number of ether oxygens (including phenoxy) is 2. The van der Waals surface area contributed by atoms with E-state index in [1.807, 2.05) is 0 Å². The van der Waals surface area contributed by atoms with E-state index < -0.39 is 76.7 Å². The van der Waals surface area contributed by atoms with Gasteiger partial charge in [0.2, 0.25) is 0 Å². The third-order valence-electron chi connectivity index (χ3n) is 7.30. The van der Waals surface area contributed by atoms with Crippen LogP contribution < -0.4 is 11.5 Å². The molecule has 0 bridgehead atoms. The first-order chi connectivity index (χ1) is 20.9. The van der Waals surface area contributed by atoms with Crippen LogP contribution in [0.2, 0.25) is 0 Å². The zero-order valence-corrected chi connectivity index (χ0v) is 25.1. The molecule has 4 unspecified atom stereocenters. The SMILES string of the molecule is B[P@]1(=O)OC[C@H]2O[C@@H](n3cnc4c(N)ncnc43)C(F)C2O[P@@](=O)(S)OC[C@H]2O[C@@H](n3cnc4c(N)ncnc43)C(F)C2O1. The van der Waals surface area contributed by atoms with Gasteiger partial charge in [0.15, 0.2) is 47.7 Å². The maximum Gasteiger partial charge on any atom is 0.386 e. The van der Waals surface area contributed by atoms with Crippen LogP contribution in [-0.2, 0) is 36.7 Å². The highest BCUT2D eigenvalue weighted by Gasteiger charge is 2.54. The molecule has 24 heteroatoms. The molecule has 3 fully saturated rings. The lowest BCUT2D eigenvalue weighted by atomic mass is 10.1. The standard InChI is InChI=1S/C20H23BF2N10O8P2S/c21-42(34)36-1-7-14(10(23)20(38-7)33-6-31-12-16(25)27-4-29-18(12)33)41-43(35,44)37-2-8-13(40-42)9(22)19(39-8)32-5-30-11-15(24)26-3-28-17(11)32/h3-10,13-14,19-20H,1-2,21H2,(H,35,44)(H2,24,26,28)(H2,25,27,29)/t7-,8-,9?,10?,13?,14?,19-,20-,42+,43+/m1/s1. The molecule has 0 spiro atoms. The number of rotatable bonds is 2. The third kappa shape index (κ3) is 5.17. The first-order valence-electron chi connectivity index (χ1n) is 12.9. The van der Waals surface area contributed by atoms with Crippen molar-refractivity contribution in [3.05, 3.63) is 25.3 Å². The van der Waals surface area contributed by atoms with Gasteiger partial charge in [-0.05, 0) is 0 Å². The largest absolute Gasteiger partial charge is 0.386 e. The molecule has 4 aromatic rings. The smallest absolute Gasteiger partial charge is 0.382 e. The summed E-state index contributed by atoms with van der Waals surface area (Å²) >= 11 is 4.01. The number of thiol groups is 1. The zero-order valence-electron chi connectivity index (χ0n) is 22.4. The lowest BCUT2D eigenvalue weighted by molar-refractivity contribution is -0.0546. The summed E-state index contributed by atoms with van der Waals surface area (Å²) in [5, 5.41) is 0. The fourth-order valence-electron chi connectivity index (χ4n) is 5.28. The highest BCUT2D eigenvalue weighted by atomic mass is 32.7. The Kier molecular flexibility index (Phi) is 7.42. The number of hydrogen-bond acceptors (Lipinski definition) is 16. The summed E-state index contributed by atoms with van der Waals surface area (Å²) in [5.41, 5.74) is 12.4. The van der Waals surface area contributed by atoms with Gasteiger partial charge >= 0.3 is 6.80 Å². The van der Waals surface area contributed by atoms with E-state index in [0.717, 1.165) is 7.57 Å². The highest BCUT2D eigenvalue weighted by molar-refractivity contribution is 8.44. The summed E-state index contributed by atoms with van der Waals surface area (Å²) in [6, 6.07) is 0. The van der Waals surface area contributed by atoms with Gasteiger partial charge in [-0.2, -0.15) is 0 Å². The van der Waals surface area contributed by atoms with Gasteiger partial charge in [0, 0.05) is 0 Å². The van der Waals surface area contributed by atoms with Gasteiger partial charge < -0.3 is 30.0 Å². The van der Waals surface area contributed by atoms with E-state index in [-0.39, 0.29) is 34.0 Å². The van der Waals surface area contributed by atoms with Gasteiger partial charge in [0.05, 0.1) is 25.9 Å². The molecule has 0 aliphatic carbocycles. The molecule has 3 aliphatic rings. The second-order valence-corrected chi connectivity index (χ2v) is 15.0. The van der Waals surface area contributed by atoms with E-state index in [9.17, 15) is 9.13 Å². The quantitative estimate of drug-likeness (QED) is 0.152. The predicted octanol–water partition coefficient (Wildman–Crippen LogP) is 0.898. The summed E-state index contributed by atoms with van der Waals surface area (Å²) in [6.07, 6.45) is -7.72. The first-order valence-corrected chi connectivity index (χ1v) is 17.6. The second kappa shape index (κ2) is 10.9. The topological polar surface area (TPSA) is 229 Å². The first kappa shape index (κ1) is 29.9. The Hall–Kier alpha value is -2.81. The van der Waals surface area contributed by atoms with Gasteiger partial charge in [0.1, 0.15) is 48.1 Å². The normalized spacial score (nSPS) is 38.2. The average Bonchev–Trinajstić information content (AvgIpc) is 3.73. The van der Waals surface area contributed by atoms with E-state index in [4.69, 9.17) is 39.0 Å². The van der Waals surface area contributed by atoms with Crippen LogP contribution in [0, 0.1) is 0 Å². The molecule has 7 heterocycles. The van der Waals surface area contributed by atoms with Crippen LogP contribution in [0.1, 0.15) is 12.5 Å².